The van der Waals surface area contributed by atoms with Gasteiger partial charge >= 0.3 is 11.9 Å². The summed E-state index contributed by atoms with van der Waals surface area (Å²) in [6.45, 7) is 10.6. The average molecular weight is 366 g/mol. The molecule has 0 unspecified atom stereocenters. The van der Waals surface area contributed by atoms with Crippen LogP contribution in [0, 0.1) is 0 Å². The number of hydrogen-bond acceptors (Lipinski definition) is 5. The SMILES string of the molecule is C=C(C)C(=O)Oc1ccc(-c2ccc(OC(=O)C(=C)C)c(COC)c2)cc1. The second-order valence-corrected chi connectivity index (χ2v) is 6.12. The zero-order valence-corrected chi connectivity index (χ0v) is 15.7. The molecule has 0 spiro atoms. The second-order valence-electron chi connectivity index (χ2n) is 6.12. The van der Waals surface area contributed by atoms with Crippen molar-refractivity contribution in [3.8, 4) is 22.6 Å². The number of carbonyl (C=O) groups is 2. The third-order valence-corrected chi connectivity index (χ3v) is 3.66. The first-order chi connectivity index (χ1) is 12.8. The number of rotatable bonds is 7. The van der Waals surface area contributed by atoms with E-state index >= 15 is 0 Å². The number of methoxy groups -OCH3 is 1. The molecular formula is C22H22O5. The maximum atomic E-state index is 11.8. The monoisotopic (exact) mass is 366 g/mol. The van der Waals surface area contributed by atoms with E-state index in [-0.39, 0.29) is 0 Å². The summed E-state index contributed by atoms with van der Waals surface area (Å²) in [5.74, 6) is -0.0749. The van der Waals surface area contributed by atoms with E-state index in [1.165, 1.54) is 0 Å². The first-order valence-electron chi connectivity index (χ1n) is 8.29. The highest BCUT2D eigenvalue weighted by Gasteiger charge is 2.12. The molecule has 0 saturated carbocycles. The van der Waals surface area contributed by atoms with Gasteiger partial charge in [-0.3, -0.25) is 0 Å². The molecule has 0 aliphatic heterocycles. The van der Waals surface area contributed by atoms with Crippen LogP contribution in [0.25, 0.3) is 11.1 Å². The van der Waals surface area contributed by atoms with Gasteiger partial charge in [0.1, 0.15) is 11.5 Å². The molecule has 0 N–H and O–H groups in total. The lowest BCUT2D eigenvalue weighted by Gasteiger charge is -2.12. The maximum absolute atomic E-state index is 11.8. The van der Waals surface area contributed by atoms with Crippen molar-refractivity contribution >= 4 is 11.9 Å². The predicted octanol–water partition coefficient (Wildman–Crippen LogP) is 4.46. The van der Waals surface area contributed by atoms with Crippen LogP contribution in [0.15, 0.2) is 66.8 Å². The Balaban J connectivity index is 2.26. The Morgan fingerprint density at radius 1 is 0.852 bits per heavy atom. The Kier molecular flexibility index (Phi) is 6.68. The van der Waals surface area contributed by atoms with E-state index in [0.29, 0.717) is 29.3 Å². The van der Waals surface area contributed by atoms with E-state index < -0.39 is 11.9 Å². The van der Waals surface area contributed by atoms with E-state index in [9.17, 15) is 9.59 Å². The zero-order chi connectivity index (χ0) is 20.0. The molecule has 0 heterocycles. The minimum atomic E-state index is -0.483. The largest absolute Gasteiger partial charge is 0.423 e. The van der Waals surface area contributed by atoms with Gasteiger partial charge in [-0.15, -0.1) is 0 Å². The molecule has 2 aromatic rings. The first kappa shape index (κ1) is 20.1. The fourth-order valence-electron chi connectivity index (χ4n) is 2.22. The van der Waals surface area contributed by atoms with Crippen molar-refractivity contribution < 1.29 is 23.8 Å². The zero-order valence-electron chi connectivity index (χ0n) is 15.7. The van der Waals surface area contributed by atoms with E-state index in [4.69, 9.17) is 14.2 Å². The maximum Gasteiger partial charge on any atom is 0.338 e. The minimum Gasteiger partial charge on any atom is -0.423 e. The lowest BCUT2D eigenvalue weighted by atomic mass is 10.0. The van der Waals surface area contributed by atoms with Crippen LogP contribution in [-0.4, -0.2) is 19.0 Å². The van der Waals surface area contributed by atoms with Crippen LogP contribution < -0.4 is 9.47 Å². The van der Waals surface area contributed by atoms with Gasteiger partial charge in [0.15, 0.2) is 0 Å². The van der Waals surface area contributed by atoms with E-state index in [2.05, 4.69) is 13.2 Å². The van der Waals surface area contributed by atoms with Crippen LogP contribution >= 0.6 is 0 Å². The molecule has 0 aliphatic carbocycles. The van der Waals surface area contributed by atoms with Crippen molar-refractivity contribution in [2.45, 2.75) is 20.5 Å². The van der Waals surface area contributed by atoms with Crippen molar-refractivity contribution in [2.24, 2.45) is 0 Å². The summed E-state index contributed by atoms with van der Waals surface area (Å²) in [4.78, 5) is 23.4. The van der Waals surface area contributed by atoms with Gasteiger partial charge in [-0.1, -0.05) is 31.4 Å². The molecule has 0 aromatic heterocycles. The Hall–Kier alpha value is -3.18. The fourth-order valence-corrected chi connectivity index (χ4v) is 2.22. The molecule has 2 rings (SSSR count). The number of ether oxygens (including phenoxy) is 3. The summed E-state index contributed by atoms with van der Waals surface area (Å²) in [6, 6.07) is 12.6. The molecule has 5 nitrogen and oxygen atoms in total. The molecule has 0 saturated heterocycles. The molecule has 5 heteroatoms. The lowest BCUT2D eigenvalue weighted by Crippen LogP contribution is -2.10. The highest BCUT2D eigenvalue weighted by Crippen LogP contribution is 2.29. The molecule has 0 aliphatic rings. The van der Waals surface area contributed by atoms with Gasteiger partial charge < -0.3 is 14.2 Å². The third kappa shape index (κ3) is 5.39. The average Bonchev–Trinajstić information content (AvgIpc) is 2.63. The van der Waals surface area contributed by atoms with Gasteiger partial charge in [-0.05, 0) is 49.2 Å². The first-order valence-corrected chi connectivity index (χ1v) is 8.29. The number of esters is 2. The van der Waals surface area contributed by atoms with Gasteiger partial charge in [0, 0.05) is 23.8 Å². The lowest BCUT2D eigenvalue weighted by molar-refractivity contribution is -0.131. The van der Waals surface area contributed by atoms with E-state index in [1.54, 1.807) is 39.2 Å². The molecule has 0 fully saturated rings. The van der Waals surface area contributed by atoms with E-state index in [0.717, 1.165) is 16.7 Å². The van der Waals surface area contributed by atoms with Gasteiger partial charge in [-0.25, -0.2) is 9.59 Å². The van der Waals surface area contributed by atoms with E-state index in [1.807, 2.05) is 24.3 Å². The summed E-state index contributed by atoms with van der Waals surface area (Å²) in [5, 5.41) is 0. The minimum absolute atomic E-state index is 0.293. The number of benzene rings is 2. The Labute approximate surface area is 158 Å². The summed E-state index contributed by atoms with van der Waals surface area (Å²) < 4.78 is 15.7. The van der Waals surface area contributed by atoms with Crippen molar-refractivity contribution in [3.05, 3.63) is 72.3 Å². The van der Waals surface area contributed by atoms with Gasteiger partial charge in [0.2, 0.25) is 0 Å². The summed E-state index contributed by atoms with van der Waals surface area (Å²) in [5.41, 5.74) is 3.23. The normalized spacial score (nSPS) is 10.2. The quantitative estimate of drug-likeness (QED) is 0.411. The van der Waals surface area contributed by atoms with Gasteiger partial charge in [-0.2, -0.15) is 0 Å². The highest BCUT2D eigenvalue weighted by atomic mass is 16.5. The smallest absolute Gasteiger partial charge is 0.338 e. The summed E-state index contributed by atoms with van der Waals surface area (Å²) in [6.07, 6.45) is 0. The Morgan fingerprint density at radius 2 is 1.41 bits per heavy atom. The van der Waals surface area contributed by atoms with Crippen LogP contribution in [0.4, 0.5) is 0 Å². The molecular weight excluding hydrogens is 344 g/mol. The molecule has 0 atom stereocenters. The molecule has 0 amide bonds. The van der Waals surface area contributed by atoms with Gasteiger partial charge in [0.05, 0.1) is 6.61 Å². The highest BCUT2D eigenvalue weighted by molar-refractivity contribution is 5.89. The van der Waals surface area contributed by atoms with Crippen molar-refractivity contribution in [1.29, 1.82) is 0 Å². The molecule has 27 heavy (non-hydrogen) atoms. The Bertz CT molecular complexity index is 878. The van der Waals surface area contributed by atoms with Crippen LogP contribution in [0.2, 0.25) is 0 Å². The van der Waals surface area contributed by atoms with Crippen molar-refractivity contribution in [1.82, 2.24) is 0 Å². The molecule has 2 aromatic carbocycles. The third-order valence-electron chi connectivity index (χ3n) is 3.66. The van der Waals surface area contributed by atoms with Crippen LogP contribution in [0.1, 0.15) is 19.4 Å². The summed E-state index contributed by atoms with van der Waals surface area (Å²) >= 11 is 0. The number of hydrogen-bond donors (Lipinski definition) is 0. The molecule has 140 valence electrons. The Morgan fingerprint density at radius 3 is 1.96 bits per heavy atom. The van der Waals surface area contributed by atoms with Gasteiger partial charge in [0.25, 0.3) is 0 Å². The topological polar surface area (TPSA) is 61.8 Å². The van der Waals surface area contributed by atoms with Crippen LogP contribution in [-0.2, 0) is 20.9 Å². The van der Waals surface area contributed by atoms with Crippen molar-refractivity contribution in [3.63, 3.8) is 0 Å². The summed E-state index contributed by atoms with van der Waals surface area (Å²) in [7, 11) is 1.57. The van der Waals surface area contributed by atoms with Crippen LogP contribution in [0.5, 0.6) is 11.5 Å². The predicted molar refractivity (Wildman–Crippen MR) is 103 cm³/mol. The van der Waals surface area contributed by atoms with Crippen molar-refractivity contribution in [2.75, 3.05) is 7.11 Å². The molecule has 0 bridgehead atoms. The molecule has 0 radical (unpaired) electrons. The fraction of sp³-hybridized carbons (Fsp3) is 0.182. The standard InChI is InChI=1S/C22H22O5/c1-14(2)21(23)26-19-9-6-16(7-10-19)17-8-11-20(18(12-17)13-25-5)27-22(24)15(3)4/h6-12H,1,3,13H2,2,4-5H3. The second kappa shape index (κ2) is 8.96. The number of carbonyl (C=O) groups excluding carboxylic acids is 2. The van der Waals surface area contributed by atoms with Crippen LogP contribution in [0.3, 0.4) is 0 Å².